The summed E-state index contributed by atoms with van der Waals surface area (Å²) in [5.74, 6) is -0.00178. The summed E-state index contributed by atoms with van der Waals surface area (Å²) in [6.45, 7) is 5.17. The number of rotatable bonds is 1. The summed E-state index contributed by atoms with van der Waals surface area (Å²) >= 11 is 0. The van der Waals surface area contributed by atoms with Gasteiger partial charge in [0.1, 0.15) is 0 Å². The van der Waals surface area contributed by atoms with E-state index in [1.165, 1.54) is 0 Å². The minimum atomic E-state index is -0.333. The molecule has 0 spiro atoms. The Bertz CT molecular complexity index is 403. The maximum atomic E-state index is 12.2. The molecule has 0 aliphatic carbocycles. The lowest BCUT2D eigenvalue weighted by molar-refractivity contribution is -0.0182. The molecular formula is C13H18N2O2. The maximum Gasteiger partial charge on any atom is 0.255 e. The van der Waals surface area contributed by atoms with Crippen LogP contribution in [0.3, 0.4) is 0 Å². The molecule has 0 aromatic carbocycles. The second kappa shape index (κ2) is 4.45. The van der Waals surface area contributed by atoms with Gasteiger partial charge < -0.3 is 10.0 Å². The van der Waals surface area contributed by atoms with Gasteiger partial charge in [0.25, 0.3) is 5.91 Å². The van der Waals surface area contributed by atoms with Gasteiger partial charge in [0, 0.05) is 30.9 Å². The van der Waals surface area contributed by atoms with Crippen molar-refractivity contribution in [2.75, 3.05) is 13.1 Å². The molecule has 92 valence electrons. The summed E-state index contributed by atoms with van der Waals surface area (Å²) < 4.78 is 0. The van der Waals surface area contributed by atoms with Crippen LogP contribution in [0.5, 0.6) is 0 Å². The van der Waals surface area contributed by atoms with E-state index in [2.05, 4.69) is 4.98 Å². The first-order valence-electron chi connectivity index (χ1n) is 5.88. The number of likely N-dealkylation sites (tertiary alicyclic amines) is 1. The molecule has 2 heterocycles. The van der Waals surface area contributed by atoms with Crippen molar-refractivity contribution in [1.29, 1.82) is 0 Å². The smallest absolute Gasteiger partial charge is 0.255 e. The Morgan fingerprint density at radius 2 is 2.35 bits per heavy atom. The first-order chi connectivity index (χ1) is 8.00. The minimum absolute atomic E-state index is 0.00178. The maximum absolute atomic E-state index is 12.2. The molecule has 0 radical (unpaired) electrons. The van der Waals surface area contributed by atoms with E-state index in [0.717, 1.165) is 0 Å². The molecule has 1 aliphatic heterocycles. The lowest BCUT2D eigenvalue weighted by Crippen LogP contribution is -2.50. The third-order valence-electron chi connectivity index (χ3n) is 3.37. The molecule has 0 bridgehead atoms. The summed E-state index contributed by atoms with van der Waals surface area (Å²) in [5.41, 5.74) is 0.371. The molecule has 4 heteroatoms. The Morgan fingerprint density at radius 3 is 2.94 bits per heavy atom. The van der Waals surface area contributed by atoms with E-state index in [0.29, 0.717) is 25.1 Å². The minimum Gasteiger partial charge on any atom is -0.392 e. The molecule has 2 rings (SSSR count). The van der Waals surface area contributed by atoms with Crippen LogP contribution in [-0.4, -0.2) is 40.1 Å². The zero-order chi connectivity index (χ0) is 12.5. The third-order valence-corrected chi connectivity index (χ3v) is 3.37. The Balaban J connectivity index is 2.12. The van der Waals surface area contributed by atoms with Crippen molar-refractivity contribution in [3.05, 3.63) is 30.1 Å². The van der Waals surface area contributed by atoms with E-state index >= 15 is 0 Å². The van der Waals surface area contributed by atoms with Gasteiger partial charge in [-0.1, -0.05) is 13.8 Å². The van der Waals surface area contributed by atoms with Gasteiger partial charge in [-0.25, -0.2) is 0 Å². The number of hydrogen-bond acceptors (Lipinski definition) is 3. The van der Waals surface area contributed by atoms with Gasteiger partial charge in [0.05, 0.1) is 11.7 Å². The normalized spacial score (nSPS) is 23.5. The number of hydrogen-bond donors (Lipinski definition) is 1. The molecule has 1 N–H and O–H groups in total. The van der Waals surface area contributed by atoms with Crippen molar-refractivity contribution >= 4 is 5.91 Å². The van der Waals surface area contributed by atoms with Gasteiger partial charge in [-0.15, -0.1) is 0 Å². The number of piperidine rings is 1. The molecule has 1 aliphatic rings. The summed E-state index contributed by atoms with van der Waals surface area (Å²) in [6, 6.07) is 3.53. The fourth-order valence-corrected chi connectivity index (χ4v) is 2.19. The largest absolute Gasteiger partial charge is 0.392 e. The van der Waals surface area contributed by atoms with Crippen LogP contribution >= 0.6 is 0 Å². The van der Waals surface area contributed by atoms with Crippen LogP contribution in [0.1, 0.15) is 30.6 Å². The lowest BCUT2D eigenvalue weighted by atomic mass is 9.81. The standard InChI is InChI=1S/C13H18N2O2/c1-13(2)9-15(7-5-11(13)16)12(17)10-4-3-6-14-8-10/h3-4,6,8,11,16H,5,7,9H2,1-2H3. The second-order valence-corrected chi connectivity index (χ2v) is 5.26. The van der Waals surface area contributed by atoms with Gasteiger partial charge in [0.15, 0.2) is 0 Å². The molecule has 1 aromatic heterocycles. The number of aliphatic hydroxyl groups is 1. The molecular weight excluding hydrogens is 216 g/mol. The first kappa shape index (κ1) is 12.0. The molecule has 1 saturated heterocycles. The Hall–Kier alpha value is -1.42. The second-order valence-electron chi connectivity index (χ2n) is 5.26. The van der Waals surface area contributed by atoms with Crippen molar-refractivity contribution in [2.24, 2.45) is 5.41 Å². The monoisotopic (exact) mass is 234 g/mol. The average Bonchev–Trinajstić information content (AvgIpc) is 2.33. The average molecular weight is 234 g/mol. The van der Waals surface area contributed by atoms with Crippen molar-refractivity contribution in [3.8, 4) is 0 Å². The lowest BCUT2D eigenvalue weighted by Gasteiger charge is -2.41. The van der Waals surface area contributed by atoms with Crippen LogP contribution in [0.2, 0.25) is 0 Å². The zero-order valence-electron chi connectivity index (χ0n) is 10.3. The topological polar surface area (TPSA) is 53.4 Å². The van der Waals surface area contributed by atoms with Crippen molar-refractivity contribution in [2.45, 2.75) is 26.4 Å². The molecule has 1 fully saturated rings. The van der Waals surface area contributed by atoms with Crippen molar-refractivity contribution in [3.63, 3.8) is 0 Å². The van der Waals surface area contributed by atoms with Crippen LogP contribution in [0.15, 0.2) is 24.5 Å². The Labute approximate surface area is 101 Å². The van der Waals surface area contributed by atoms with E-state index in [1.54, 1.807) is 29.4 Å². The molecule has 17 heavy (non-hydrogen) atoms. The van der Waals surface area contributed by atoms with E-state index < -0.39 is 0 Å². The van der Waals surface area contributed by atoms with Gasteiger partial charge in [-0.2, -0.15) is 0 Å². The number of pyridine rings is 1. The highest BCUT2D eigenvalue weighted by Gasteiger charge is 2.36. The third kappa shape index (κ3) is 2.47. The number of carbonyl (C=O) groups excluding carboxylic acids is 1. The molecule has 1 aromatic rings. The number of aliphatic hydroxyl groups excluding tert-OH is 1. The quantitative estimate of drug-likeness (QED) is 0.797. The number of aromatic nitrogens is 1. The first-order valence-corrected chi connectivity index (χ1v) is 5.88. The summed E-state index contributed by atoms with van der Waals surface area (Å²) in [7, 11) is 0. The molecule has 0 saturated carbocycles. The Morgan fingerprint density at radius 1 is 1.59 bits per heavy atom. The van der Waals surface area contributed by atoms with Crippen LogP contribution in [0.4, 0.5) is 0 Å². The number of carbonyl (C=O) groups is 1. The van der Waals surface area contributed by atoms with Gasteiger partial charge in [0.2, 0.25) is 0 Å². The van der Waals surface area contributed by atoms with Crippen molar-refractivity contribution < 1.29 is 9.90 Å². The van der Waals surface area contributed by atoms with E-state index in [4.69, 9.17) is 0 Å². The van der Waals surface area contributed by atoms with Crippen LogP contribution in [0, 0.1) is 5.41 Å². The van der Waals surface area contributed by atoms with Crippen molar-refractivity contribution in [1.82, 2.24) is 9.88 Å². The summed E-state index contributed by atoms with van der Waals surface area (Å²) in [5, 5.41) is 9.86. The highest BCUT2D eigenvalue weighted by atomic mass is 16.3. The highest BCUT2D eigenvalue weighted by molar-refractivity contribution is 5.93. The van der Waals surface area contributed by atoms with E-state index in [9.17, 15) is 9.90 Å². The summed E-state index contributed by atoms with van der Waals surface area (Å²) in [6.07, 6.45) is 3.54. The summed E-state index contributed by atoms with van der Waals surface area (Å²) in [4.78, 5) is 17.9. The number of nitrogens with zero attached hydrogens (tertiary/aromatic N) is 2. The van der Waals surface area contributed by atoms with E-state index in [-0.39, 0.29) is 17.4 Å². The molecule has 1 amide bonds. The fourth-order valence-electron chi connectivity index (χ4n) is 2.19. The predicted octanol–water partition coefficient (Wildman–Crippen LogP) is 1.31. The van der Waals surface area contributed by atoms with Crippen LogP contribution in [-0.2, 0) is 0 Å². The molecule has 4 nitrogen and oxygen atoms in total. The molecule has 1 unspecified atom stereocenters. The zero-order valence-corrected chi connectivity index (χ0v) is 10.3. The van der Waals surface area contributed by atoms with Gasteiger partial charge in [-0.05, 0) is 18.6 Å². The van der Waals surface area contributed by atoms with Gasteiger partial charge in [-0.3, -0.25) is 9.78 Å². The van der Waals surface area contributed by atoms with Crippen LogP contribution in [0.25, 0.3) is 0 Å². The molecule has 1 atom stereocenters. The van der Waals surface area contributed by atoms with Gasteiger partial charge >= 0.3 is 0 Å². The fraction of sp³-hybridized carbons (Fsp3) is 0.538. The Kier molecular flexibility index (Phi) is 3.15. The SMILES string of the molecule is CC1(C)CN(C(=O)c2cccnc2)CCC1O. The predicted molar refractivity (Wildman–Crippen MR) is 64.5 cm³/mol. The number of amides is 1. The highest BCUT2D eigenvalue weighted by Crippen LogP contribution is 2.29. The van der Waals surface area contributed by atoms with Crippen LogP contribution < -0.4 is 0 Å². The van der Waals surface area contributed by atoms with E-state index in [1.807, 2.05) is 13.8 Å².